The number of nitrogens with one attached hydrogen (secondary N) is 1. The molecule has 2 aliphatic carbocycles. The fourth-order valence-corrected chi connectivity index (χ4v) is 6.72. The van der Waals surface area contributed by atoms with Crippen molar-refractivity contribution < 1.29 is 5.11 Å². The first-order valence-corrected chi connectivity index (χ1v) is 14.0. The van der Waals surface area contributed by atoms with E-state index in [-0.39, 0.29) is 11.6 Å². The van der Waals surface area contributed by atoms with E-state index in [1.165, 1.54) is 43.4 Å². The van der Waals surface area contributed by atoms with Crippen molar-refractivity contribution in [3.63, 3.8) is 0 Å². The second-order valence-corrected chi connectivity index (χ2v) is 11.5. The van der Waals surface area contributed by atoms with Crippen molar-refractivity contribution in [1.29, 1.82) is 5.41 Å². The molecule has 0 amide bonds. The van der Waals surface area contributed by atoms with Gasteiger partial charge in [0, 0.05) is 17.6 Å². The summed E-state index contributed by atoms with van der Waals surface area (Å²) in [6.45, 7) is 3.16. The van der Waals surface area contributed by atoms with Gasteiger partial charge < -0.3 is 14.2 Å². The van der Waals surface area contributed by atoms with Gasteiger partial charge in [-0.05, 0) is 62.5 Å². The SMILES string of the molecule is C[C@]1(n2cnc3c(c(-c4ccccc4)c(-c4ccccc4)n3CC3CCCCC3)c2=N)CC[C@H](O)CC1. The van der Waals surface area contributed by atoms with Gasteiger partial charge in [-0.2, -0.15) is 0 Å². The third-order valence-corrected chi connectivity index (χ3v) is 8.90. The predicted octanol–water partition coefficient (Wildman–Crippen LogP) is 6.88. The van der Waals surface area contributed by atoms with Crippen LogP contribution >= 0.6 is 0 Å². The standard InChI is InChI=1S/C32H38N4O/c1-32(19-17-26(37)18-20-32)36-22-34-31-28(30(36)33)27(24-13-7-3-8-14-24)29(25-15-9-4-10-16-25)35(31)21-23-11-5-2-6-12-23/h3-4,7-10,13-16,22-23,26,33,37H,2,5-6,11-12,17-21H2,1H3/t26-,32-. The third kappa shape index (κ3) is 4.44. The number of nitrogens with zero attached hydrogens (tertiary/aromatic N) is 3. The Morgan fingerprint density at radius 1 is 0.892 bits per heavy atom. The third-order valence-electron chi connectivity index (χ3n) is 8.90. The lowest BCUT2D eigenvalue weighted by atomic mass is 9.81. The van der Waals surface area contributed by atoms with Gasteiger partial charge in [-0.3, -0.25) is 5.41 Å². The van der Waals surface area contributed by atoms with Gasteiger partial charge >= 0.3 is 0 Å². The van der Waals surface area contributed by atoms with Gasteiger partial charge in [-0.15, -0.1) is 0 Å². The molecule has 192 valence electrons. The van der Waals surface area contributed by atoms with E-state index in [2.05, 4.69) is 76.7 Å². The Morgan fingerprint density at radius 2 is 1.51 bits per heavy atom. The number of hydrogen-bond donors (Lipinski definition) is 2. The minimum absolute atomic E-state index is 0.218. The molecule has 2 aromatic carbocycles. The Morgan fingerprint density at radius 3 is 2.16 bits per heavy atom. The molecular formula is C32H38N4O. The minimum atomic E-state index is -0.235. The van der Waals surface area contributed by atoms with Gasteiger partial charge in [0.2, 0.25) is 0 Å². The lowest BCUT2D eigenvalue weighted by Crippen LogP contribution is -2.42. The van der Waals surface area contributed by atoms with Crippen LogP contribution in [0.5, 0.6) is 0 Å². The van der Waals surface area contributed by atoms with E-state index in [0.29, 0.717) is 11.4 Å². The summed E-state index contributed by atoms with van der Waals surface area (Å²) >= 11 is 0. The molecule has 4 aromatic rings. The molecule has 6 rings (SSSR count). The lowest BCUT2D eigenvalue weighted by molar-refractivity contribution is 0.0735. The maximum absolute atomic E-state index is 10.2. The van der Waals surface area contributed by atoms with Gasteiger partial charge in [-0.1, -0.05) is 79.9 Å². The molecule has 2 heterocycles. The van der Waals surface area contributed by atoms with Crippen molar-refractivity contribution in [2.75, 3.05) is 0 Å². The first-order chi connectivity index (χ1) is 18.0. The number of aromatic nitrogens is 3. The van der Waals surface area contributed by atoms with Gasteiger partial charge in [0.25, 0.3) is 0 Å². The summed E-state index contributed by atoms with van der Waals surface area (Å²) in [4.78, 5) is 5.12. The monoisotopic (exact) mass is 494 g/mol. The van der Waals surface area contributed by atoms with E-state index < -0.39 is 0 Å². The molecule has 2 saturated carbocycles. The summed E-state index contributed by atoms with van der Waals surface area (Å²) in [5.74, 6) is 0.635. The fraction of sp³-hybridized carbons (Fsp3) is 0.438. The van der Waals surface area contributed by atoms with Crippen LogP contribution in [0.1, 0.15) is 64.7 Å². The van der Waals surface area contributed by atoms with E-state index in [0.717, 1.165) is 54.4 Å². The highest BCUT2D eigenvalue weighted by molar-refractivity contribution is 6.02. The van der Waals surface area contributed by atoms with Crippen LogP contribution in [-0.2, 0) is 12.1 Å². The topological polar surface area (TPSA) is 66.8 Å². The molecule has 5 heteroatoms. The first-order valence-electron chi connectivity index (χ1n) is 14.0. The van der Waals surface area contributed by atoms with Crippen molar-refractivity contribution in [3.8, 4) is 22.4 Å². The van der Waals surface area contributed by atoms with Crippen molar-refractivity contribution in [2.45, 2.75) is 82.9 Å². The molecular weight excluding hydrogens is 456 g/mol. The van der Waals surface area contributed by atoms with Crippen molar-refractivity contribution in [2.24, 2.45) is 5.92 Å². The van der Waals surface area contributed by atoms with Crippen molar-refractivity contribution in [1.82, 2.24) is 14.1 Å². The van der Waals surface area contributed by atoms with E-state index in [9.17, 15) is 10.5 Å². The molecule has 5 nitrogen and oxygen atoms in total. The second kappa shape index (κ2) is 9.94. The van der Waals surface area contributed by atoms with E-state index in [1.54, 1.807) is 0 Å². The molecule has 2 aromatic heterocycles. The minimum Gasteiger partial charge on any atom is -0.393 e. The van der Waals surface area contributed by atoms with Crippen LogP contribution in [0.15, 0.2) is 67.0 Å². The normalized spacial score (nSPS) is 22.9. The molecule has 0 radical (unpaired) electrons. The Hall–Kier alpha value is -3.18. The molecule has 0 aliphatic heterocycles. The van der Waals surface area contributed by atoms with E-state index in [1.807, 2.05) is 6.33 Å². The highest BCUT2D eigenvalue weighted by Crippen LogP contribution is 2.41. The van der Waals surface area contributed by atoms with Crippen molar-refractivity contribution in [3.05, 3.63) is 72.5 Å². The zero-order valence-electron chi connectivity index (χ0n) is 21.9. The van der Waals surface area contributed by atoms with Crippen LogP contribution in [0.2, 0.25) is 0 Å². The summed E-state index contributed by atoms with van der Waals surface area (Å²) in [5.41, 5.74) is 5.83. The maximum Gasteiger partial charge on any atom is 0.146 e. The number of aliphatic hydroxyl groups is 1. The van der Waals surface area contributed by atoms with E-state index >= 15 is 0 Å². The molecule has 0 bridgehead atoms. The van der Waals surface area contributed by atoms with E-state index in [4.69, 9.17) is 4.98 Å². The second-order valence-electron chi connectivity index (χ2n) is 11.5. The molecule has 0 unspecified atom stereocenters. The van der Waals surface area contributed by atoms with Crippen LogP contribution < -0.4 is 5.49 Å². The average Bonchev–Trinajstić information content (AvgIpc) is 3.27. The highest BCUT2D eigenvalue weighted by atomic mass is 16.3. The number of rotatable bonds is 5. The zero-order chi connectivity index (χ0) is 25.4. The lowest BCUT2D eigenvalue weighted by Gasteiger charge is -2.37. The summed E-state index contributed by atoms with van der Waals surface area (Å²) in [5, 5.41) is 20.7. The largest absolute Gasteiger partial charge is 0.393 e. The van der Waals surface area contributed by atoms with Crippen molar-refractivity contribution >= 4 is 11.0 Å². The Labute approximate surface area is 219 Å². The quantitative estimate of drug-likeness (QED) is 0.317. The summed E-state index contributed by atoms with van der Waals surface area (Å²) in [7, 11) is 0. The molecule has 37 heavy (non-hydrogen) atoms. The predicted molar refractivity (Wildman–Crippen MR) is 149 cm³/mol. The number of aliphatic hydroxyl groups excluding tert-OH is 1. The van der Waals surface area contributed by atoms with Crippen LogP contribution in [0.4, 0.5) is 0 Å². The molecule has 0 atom stereocenters. The summed E-state index contributed by atoms with van der Waals surface area (Å²) in [6.07, 6.45) is 11.4. The Bertz CT molecular complexity index is 1420. The zero-order valence-corrected chi connectivity index (χ0v) is 21.9. The number of hydrogen-bond acceptors (Lipinski definition) is 3. The number of benzene rings is 2. The maximum atomic E-state index is 10.2. The van der Waals surface area contributed by atoms with Gasteiger partial charge in [0.1, 0.15) is 11.1 Å². The van der Waals surface area contributed by atoms with Crippen LogP contribution in [-0.4, -0.2) is 25.3 Å². The highest BCUT2D eigenvalue weighted by Gasteiger charge is 2.34. The Balaban J connectivity index is 1.64. The van der Waals surface area contributed by atoms with Gasteiger partial charge in [0.15, 0.2) is 0 Å². The molecule has 0 spiro atoms. The van der Waals surface area contributed by atoms with Gasteiger partial charge in [0.05, 0.1) is 23.5 Å². The first kappa shape index (κ1) is 24.2. The molecule has 0 saturated heterocycles. The number of fused-ring (bicyclic) bond motifs is 1. The fourth-order valence-electron chi connectivity index (χ4n) is 6.72. The molecule has 2 N–H and O–H groups in total. The smallest absolute Gasteiger partial charge is 0.146 e. The average molecular weight is 495 g/mol. The summed E-state index contributed by atoms with van der Waals surface area (Å²) in [6, 6.07) is 21.2. The molecule has 2 fully saturated rings. The summed E-state index contributed by atoms with van der Waals surface area (Å²) < 4.78 is 4.52. The van der Waals surface area contributed by atoms with Gasteiger partial charge in [-0.25, -0.2) is 4.98 Å². The van der Waals surface area contributed by atoms with Crippen LogP contribution in [0, 0.1) is 11.3 Å². The van der Waals surface area contributed by atoms with Crippen LogP contribution in [0.25, 0.3) is 33.4 Å². The Kier molecular flexibility index (Phi) is 6.49. The molecule has 2 aliphatic rings. The van der Waals surface area contributed by atoms with Crippen LogP contribution in [0.3, 0.4) is 0 Å².